The van der Waals surface area contributed by atoms with Crippen molar-refractivity contribution < 1.29 is 24.0 Å². The molecule has 3 aromatic rings. The Bertz CT molecular complexity index is 1470. The Morgan fingerprint density at radius 3 is 2.43 bits per heavy atom. The zero-order valence-corrected chi connectivity index (χ0v) is 20.2. The Labute approximate surface area is 214 Å². The largest absolute Gasteiger partial charge is 0.511 e. The van der Waals surface area contributed by atoms with Crippen LogP contribution in [-0.2, 0) is 0 Å². The molecule has 37 heavy (non-hydrogen) atoms. The van der Waals surface area contributed by atoms with Gasteiger partial charge in [0.05, 0.1) is 27.7 Å². The zero-order valence-electron chi connectivity index (χ0n) is 19.4. The first-order chi connectivity index (χ1) is 17.7. The number of non-ortho nitro benzene ring substituents is 1. The maximum Gasteiger partial charge on any atom is 0.511 e. The molecule has 1 saturated heterocycles. The number of nitro groups is 1. The summed E-state index contributed by atoms with van der Waals surface area (Å²) < 4.78 is 21.7. The number of nitro benzene ring substituents is 1. The van der Waals surface area contributed by atoms with Gasteiger partial charge in [-0.1, -0.05) is 0 Å². The number of hydrogen-bond donors (Lipinski definition) is 2. The summed E-state index contributed by atoms with van der Waals surface area (Å²) in [7, 11) is 0. The van der Waals surface area contributed by atoms with Crippen molar-refractivity contribution in [1.29, 1.82) is 0 Å². The maximum atomic E-state index is 15.2. The van der Waals surface area contributed by atoms with E-state index in [1.807, 2.05) is 9.80 Å². The second kappa shape index (κ2) is 9.65. The third-order valence-electron chi connectivity index (χ3n) is 6.44. The second-order valence-corrected chi connectivity index (χ2v) is 9.24. The van der Waals surface area contributed by atoms with Crippen molar-refractivity contribution in [3.8, 4) is 5.75 Å². The molecular formula is C24H22FN5O6S. The lowest BCUT2D eigenvalue weighted by Crippen LogP contribution is -2.50. The molecule has 192 valence electrons. The van der Waals surface area contributed by atoms with Crippen LogP contribution in [0.3, 0.4) is 0 Å². The van der Waals surface area contributed by atoms with E-state index in [1.54, 1.807) is 22.8 Å². The van der Waals surface area contributed by atoms with Crippen molar-refractivity contribution in [3.05, 3.63) is 68.7 Å². The molecule has 0 unspecified atom stereocenters. The van der Waals surface area contributed by atoms with Crippen LogP contribution in [-0.4, -0.2) is 56.9 Å². The normalized spacial score (nSPS) is 15.5. The van der Waals surface area contributed by atoms with Crippen LogP contribution in [0, 0.1) is 15.9 Å². The molecule has 0 spiro atoms. The van der Waals surface area contributed by atoms with E-state index in [0.717, 1.165) is 18.9 Å². The summed E-state index contributed by atoms with van der Waals surface area (Å²) in [6, 6.07) is 8.82. The van der Waals surface area contributed by atoms with Gasteiger partial charge < -0.3 is 29.5 Å². The molecule has 0 radical (unpaired) electrons. The van der Waals surface area contributed by atoms with Crippen LogP contribution in [0.5, 0.6) is 5.75 Å². The van der Waals surface area contributed by atoms with Crippen molar-refractivity contribution in [2.75, 3.05) is 36.4 Å². The number of carboxylic acid groups (broad SMARTS) is 1. The minimum Gasteiger partial charge on any atom is -0.449 e. The van der Waals surface area contributed by atoms with Gasteiger partial charge in [0, 0.05) is 50.0 Å². The molecule has 2 heterocycles. The number of thiocarbonyl (C=S) groups is 1. The topological polar surface area (TPSA) is 130 Å². The number of aromatic nitrogens is 1. The molecule has 13 heteroatoms. The summed E-state index contributed by atoms with van der Waals surface area (Å²) in [4.78, 5) is 37.9. The van der Waals surface area contributed by atoms with Crippen LogP contribution in [0.4, 0.5) is 26.2 Å². The number of anilines is 2. The van der Waals surface area contributed by atoms with Gasteiger partial charge in [-0.2, -0.15) is 0 Å². The smallest absolute Gasteiger partial charge is 0.449 e. The summed E-state index contributed by atoms with van der Waals surface area (Å²) in [6.07, 6.45) is 1.53. The molecule has 2 aromatic carbocycles. The molecule has 2 N–H and O–H groups in total. The van der Waals surface area contributed by atoms with E-state index in [0.29, 0.717) is 48.2 Å². The van der Waals surface area contributed by atoms with Crippen molar-refractivity contribution in [1.82, 2.24) is 9.47 Å². The number of fused-ring (bicyclic) bond motifs is 1. The Kier molecular flexibility index (Phi) is 6.38. The highest BCUT2D eigenvalue weighted by molar-refractivity contribution is 7.80. The van der Waals surface area contributed by atoms with E-state index in [1.165, 1.54) is 18.3 Å². The third kappa shape index (κ3) is 5.03. The van der Waals surface area contributed by atoms with E-state index in [2.05, 4.69) is 10.1 Å². The minimum atomic E-state index is -1.60. The minimum absolute atomic E-state index is 0.0137. The molecule has 1 saturated carbocycles. The molecule has 2 aliphatic rings. The zero-order chi connectivity index (χ0) is 26.3. The lowest BCUT2D eigenvalue weighted by molar-refractivity contribution is -0.384. The fourth-order valence-corrected chi connectivity index (χ4v) is 4.72. The summed E-state index contributed by atoms with van der Waals surface area (Å²) in [6.45, 7) is 1.96. The first-order valence-corrected chi connectivity index (χ1v) is 12.0. The molecule has 1 aliphatic heterocycles. The van der Waals surface area contributed by atoms with Gasteiger partial charge in [0.25, 0.3) is 5.69 Å². The molecule has 5 rings (SSSR count). The number of hydrogen-bond acceptors (Lipinski definition) is 7. The van der Waals surface area contributed by atoms with Crippen LogP contribution < -0.4 is 20.4 Å². The van der Waals surface area contributed by atoms with Crippen LogP contribution in [0.2, 0.25) is 0 Å². The summed E-state index contributed by atoms with van der Waals surface area (Å²) in [5, 5.41) is 23.4. The molecular weight excluding hydrogens is 505 g/mol. The SMILES string of the molecule is O=C(O)Oc1cn(C2CC2)c2cc(N3CCN(C(=S)Nc4ccc([N+](=O)[O-])cc4)CC3)c(F)cc2c1=O. The van der Waals surface area contributed by atoms with Crippen molar-refractivity contribution in [2.45, 2.75) is 18.9 Å². The highest BCUT2D eigenvalue weighted by Crippen LogP contribution is 2.39. The van der Waals surface area contributed by atoms with Gasteiger partial charge in [-0.15, -0.1) is 0 Å². The van der Waals surface area contributed by atoms with Gasteiger partial charge in [0.15, 0.2) is 10.9 Å². The number of nitrogens with one attached hydrogen (secondary N) is 1. The van der Waals surface area contributed by atoms with Crippen molar-refractivity contribution in [2.24, 2.45) is 0 Å². The van der Waals surface area contributed by atoms with E-state index in [4.69, 9.17) is 17.3 Å². The summed E-state index contributed by atoms with van der Waals surface area (Å²) in [5.74, 6) is -0.929. The molecule has 0 atom stereocenters. The van der Waals surface area contributed by atoms with Gasteiger partial charge in [-0.25, -0.2) is 9.18 Å². The number of pyridine rings is 1. The first kappa shape index (κ1) is 24.4. The van der Waals surface area contributed by atoms with Crippen molar-refractivity contribution >= 4 is 51.5 Å². The Balaban J connectivity index is 1.33. The fourth-order valence-electron chi connectivity index (χ4n) is 4.42. The number of piperazine rings is 1. The van der Waals surface area contributed by atoms with Crippen LogP contribution in [0.15, 0.2) is 47.4 Å². The Hall–Kier alpha value is -4.26. The number of benzene rings is 2. The van der Waals surface area contributed by atoms with Crippen LogP contribution >= 0.6 is 12.2 Å². The maximum absolute atomic E-state index is 15.2. The molecule has 1 aliphatic carbocycles. The van der Waals surface area contributed by atoms with Crippen LogP contribution in [0.1, 0.15) is 18.9 Å². The predicted octanol–water partition coefficient (Wildman–Crippen LogP) is 3.96. The van der Waals surface area contributed by atoms with E-state index in [9.17, 15) is 19.7 Å². The Morgan fingerprint density at radius 2 is 1.84 bits per heavy atom. The fraction of sp³-hybridized carbons (Fsp3) is 0.292. The van der Waals surface area contributed by atoms with E-state index < -0.39 is 22.3 Å². The van der Waals surface area contributed by atoms with Gasteiger partial charge in [-0.05, 0) is 49.3 Å². The molecule has 1 aromatic heterocycles. The van der Waals surface area contributed by atoms with Gasteiger partial charge in [0.2, 0.25) is 5.43 Å². The van der Waals surface area contributed by atoms with Gasteiger partial charge in [-0.3, -0.25) is 14.9 Å². The molecule has 0 bridgehead atoms. The highest BCUT2D eigenvalue weighted by Gasteiger charge is 2.28. The van der Waals surface area contributed by atoms with Crippen molar-refractivity contribution in [3.63, 3.8) is 0 Å². The van der Waals surface area contributed by atoms with Gasteiger partial charge in [0.1, 0.15) is 5.82 Å². The first-order valence-electron chi connectivity index (χ1n) is 11.6. The highest BCUT2D eigenvalue weighted by atomic mass is 32.1. The number of ether oxygens (including phenoxy) is 1. The molecule has 0 amide bonds. The third-order valence-corrected chi connectivity index (χ3v) is 6.80. The average molecular weight is 528 g/mol. The summed E-state index contributed by atoms with van der Waals surface area (Å²) >= 11 is 5.49. The summed E-state index contributed by atoms with van der Waals surface area (Å²) in [5.41, 5.74) is 0.817. The second-order valence-electron chi connectivity index (χ2n) is 8.86. The Morgan fingerprint density at radius 1 is 1.16 bits per heavy atom. The standard InChI is InChI=1S/C24H22FN5O6S/c25-18-11-17-19(29(15-5-6-15)13-21(22(17)31)36-24(32)33)12-20(18)27-7-9-28(10-8-27)23(37)26-14-1-3-16(4-2-14)30(34)35/h1-4,11-13,15H,5-10H2,(H,26,37)(H,32,33). The number of halogens is 1. The van der Waals surface area contributed by atoms with Crippen LogP contribution in [0.25, 0.3) is 10.9 Å². The monoisotopic (exact) mass is 527 g/mol. The average Bonchev–Trinajstić information content (AvgIpc) is 3.71. The molecule has 11 nitrogen and oxygen atoms in total. The number of nitrogens with zero attached hydrogens (tertiary/aromatic N) is 4. The lowest BCUT2D eigenvalue weighted by atomic mass is 10.1. The predicted molar refractivity (Wildman–Crippen MR) is 138 cm³/mol. The quantitative estimate of drug-likeness (QED) is 0.218. The van der Waals surface area contributed by atoms with E-state index >= 15 is 4.39 Å². The number of carbonyl (C=O) groups is 1. The number of rotatable bonds is 5. The molecule has 2 fully saturated rings. The van der Waals surface area contributed by atoms with Gasteiger partial charge >= 0.3 is 6.16 Å². The van der Waals surface area contributed by atoms with E-state index in [-0.39, 0.29) is 22.9 Å². The lowest BCUT2D eigenvalue weighted by Gasteiger charge is -2.37.